The van der Waals surface area contributed by atoms with E-state index in [0.717, 1.165) is 31.4 Å². The molecular weight excluding hydrogens is 295 g/mol. The summed E-state index contributed by atoms with van der Waals surface area (Å²) < 4.78 is 39.5. The van der Waals surface area contributed by atoms with Gasteiger partial charge in [0.1, 0.15) is 5.82 Å². The van der Waals surface area contributed by atoms with Gasteiger partial charge in [-0.05, 0) is 50.5 Å². The Balaban J connectivity index is 2.05. The Labute approximate surface area is 124 Å². The van der Waals surface area contributed by atoms with E-state index in [0.29, 0.717) is 13.1 Å². The molecule has 1 unspecified atom stereocenters. The standard InChI is InChI=1S/C14H19FN2O3S/c1-11(14(18)17-9-3-2-4-10-17)16-21(19,20)13-7-5-12(15)6-8-13/h5-8,11,16H,2-4,9-10H2,1H3. The lowest BCUT2D eigenvalue weighted by atomic mass is 10.1. The van der Waals surface area contributed by atoms with E-state index in [2.05, 4.69) is 4.72 Å². The Morgan fingerprint density at radius 1 is 1.19 bits per heavy atom. The van der Waals surface area contributed by atoms with E-state index in [-0.39, 0.29) is 10.8 Å². The minimum absolute atomic E-state index is 0.0535. The van der Waals surface area contributed by atoms with Crippen molar-refractivity contribution in [2.24, 2.45) is 0 Å². The zero-order valence-electron chi connectivity index (χ0n) is 11.9. The van der Waals surface area contributed by atoms with Crippen molar-refractivity contribution in [3.63, 3.8) is 0 Å². The molecule has 21 heavy (non-hydrogen) atoms. The van der Waals surface area contributed by atoms with Crippen molar-refractivity contribution in [2.45, 2.75) is 37.1 Å². The molecule has 1 N–H and O–H groups in total. The van der Waals surface area contributed by atoms with Gasteiger partial charge in [0.25, 0.3) is 0 Å². The molecule has 5 nitrogen and oxygen atoms in total. The van der Waals surface area contributed by atoms with Gasteiger partial charge < -0.3 is 4.90 Å². The molecule has 1 atom stereocenters. The molecule has 1 aliphatic heterocycles. The van der Waals surface area contributed by atoms with Crippen LogP contribution in [0.2, 0.25) is 0 Å². The van der Waals surface area contributed by atoms with Gasteiger partial charge in [0.2, 0.25) is 15.9 Å². The van der Waals surface area contributed by atoms with E-state index in [4.69, 9.17) is 0 Å². The summed E-state index contributed by atoms with van der Waals surface area (Å²) in [5.74, 6) is -0.730. The first-order valence-electron chi connectivity index (χ1n) is 6.97. The first-order valence-corrected chi connectivity index (χ1v) is 8.45. The number of piperidine rings is 1. The number of halogens is 1. The summed E-state index contributed by atoms with van der Waals surface area (Å²) in [5.41, 5.74) is 0. The Morgan fingerprint density at radius 2 is 1.76 bits per heavy atom. The van der Waals surface area contributed by atoms with E-state index in [1.54, 1.807) is 4.90 Å². The summed E-state index contributed by atoms with van der Waals surface area (Å²) in [6, 6.07) is 3.67. The number of sulfonamides is 1. The normalized spacial score (nSPS) is 17.5. The number of hydrogen-bond acceptors (Lipinski definition) is 3. The van der Waals surface area contributed by atoms with Crippen LogP contribution in [0.5, 0.6) is 0 Å². The molecule has 2 rings (SSSR count). The summed E-state index contributed by atoms with van der Waals surface area (Å²) in [5, 5.41) is 0. The van der Waals surface area contributed by atoms with Crippen molar-refractivity contribution in [1.29, 1.82) is 0 Å². The van der Waals surface area contributed by atoms with Crippen LogP contribution in [0.15, 0.2) is 29.2 Å². The number of hydrogen-bond donors (Lipinski definition) is 1. The quantitative estimate of drug-likeness (QED) is 0.916. The fraction of sp³-hybridized carbons (Fsp3) is 0.500. The number of likely N-dealkylation sites (tertiary alicyclic amines) is 1. The smallest absolute Gasteiger partial charge is 0.241 e. The van der Waals surface area contributed by atoms with Crippen molar-refractivity contribution >= 4 is 15.9 Å². The average molecular weight is 314 g/mol. The van der Waals surface area contributed by atoms with Crippen LogP contribution < -0.4 is 4.72 Å². The molecule has 0 radical (unpaired) electrons. The second-order valence-corrected chi connectivity index (χ2v) is 6.90. The molecule has 0 bridgehead atoms. The Morgan fingerprint density at radius 3 is 2.33 bits per heavy atom. The predicted octanol–water partition coefficient (Wildman–Crippen LogP) is 1.51. The third kappa shape index (κ3) is 4.01. The van der Waals surface area contributed by atoms with Crippen LogP contribution in [0.4, 0.5) is 4.39 Å². The third-order valence-electron chi connectivity index (χ3n) is 3.49. The van der Waals surface area contributed by atoms with Gasteiger partial charge in [0, 0.05) is 13.1 Å². The number of carbonyl (C=O) groups excluding carboxylic acids is 1. The molecule has 116 valence electrons. The minimum Gasteiger partial charge on any atom is -0.341 e. The molecule has 0 aliphatic carbocycles. The highest BCUT2D eigenvalue weighted by Crippen LogP contribution is 2.13. The highest BCUT2D eigenvalue weighted by Gasteiger charge is 2.26. The maximum atomic E-state index is 12.8. The third-order valence-corrected chi connectivity index (χ3v) is 5.05. The van der Waals surface area contributed by atoms with Gasteiger partial charge in [-0.25, -0.2) is 12.8 Å². The Kier molecular flexibility index (Phi) is 4.95. The van der Waals surface area contributed by atoms with Crippen molar-refractivity contribution in [1.82, 2.24) is 9.62 Å². The summed E-state index contributed by atoms with van der Waals surface area (Å²) >= 11 is 0. The SMILES string of the molecule is CC(NS(=O)(=O)c1ccc(F)cc1)C(=O)N1CCCCC1. The highest BCUT2D eigenvalue weighted by molar-refractivity contribution is 7.89. The molecule has 1 aromatic carbocycles. The number of nitrogens with one attached hydrogen (secondary N) is 1. The van der Waals surface area contributed by atoms with Crippen LogP contribution in [0, 0.1) is 5.82 Å². The monoisotopic (exact) mass is 314 g/mol. The number of rotatable bonds is 4. The topological polar surface area (TPSA) is 66.5 Å². The van der Waals surface area contributed by atoms with Gasteiger partial charge >= 0.3 is 0 Å². The summed E-state index contributed by atoms with van der Waals surface area (Å²) in [7, 11) is -3.82. The molecular formula is C14H19FN2O3S. The zero-order chi connectivity index (χ0) is 15.5. The predicted molar refractivity (Wildman–Crippen MR) is 76.6 cm³/mol. The van der Waals surface area contributed by atoms with E-state index in [1.807, 2.05) is 0 Å². The fourth-order valence-electron chi connectivity index (χ4n) is 2.35. The van der Waals surface area contributed by atoms with Crippen LogP contribution in [0.25, 0.3) is 0 Å². The number of carbonyl (C=O) groups is 1. The molecule has 0 spiro atoms. The molecule has 1 heterocycles. The van der Waals surface area contributed by atoms with Crippen LogP contribution >= 0.6 is 0 Å². The number of nitrogens with zero attached hydrogens (tertiary/aromatic N) is 1. The molecule has 1 amide bonds. The maximum absolute atomic E-state index is 12.8. The first kappa shape index (κ1) is 15.9. The summed E-state index contributed by atoms with van der Waals surface area (Å²) in [6.07, 6.45) is 2.99. The average Bonchev–Trinajstić information content (AvgIpc) is 2.47. The second kappa shape index (κ2) is 6.53. The van der Waals surface area contributed by atoms with Crippen LogP contribution in [-0.2, 0) is 14.8 Å². The molecule has 1 saturated heterocycles. The van der Waals surface area contributed by atoms with Gasteiger partial charge in [-0.15, -0.1) is 0 Å². The maximum Gasteiger partial charge on any atom is 0.241 e. The lowest BCUT2D eigenvalue weighted by Crippen LogP contribution is -2.48. The fourth-order valence-corrected chi connectivity index (χ4v) is 3.55. The molecule has 1 aliphatic rings. The molecule has 1 fully saturated rings. The molecule has 7 heteroatoms. The minimum atomic E-state index is -3.82. The Bertz CT molecular complexity index is 595. The van der Waals surface area contributed by atoms with Crippen LogP contribution in [0.3, 0.4) is 0 Å². The van der Waals surface area contributed by atoms with E-state index >= 15 is 0 Å². The van der Waals surface area contributed by atoms with Gasteiger partial charge in [0.15, 0.2) is 0 Å². The largest absolute Gasteiger partial charge is 0.341 e. The van der Waals surface area contributed by atoms with E-state index < -0.39 is 21.9 Å². The summed E-state index contributed by atoms with van der Waals surface area (Å²) in [4.78, 5) is 13.8. The van der Waals surface area contributed by atoms with Gasteiger partial charge in [-0.1, -0.05) is 0 Å². The van der Waals surface area contributed by atoms with E-state index in [9.17, 15) is 17.6 Å². The molecule has 1 aromatic rings. The van der Waals surface area contributed by atoms with E-state index in [1.165, 1.54) is 19.1 Å². The van der Waals surface area contributed by atoms with Crippen LogP contribution in [0.1, 0.15) is 26.2 Å². The van der Waals surface area contributed by atoms with Crippen molar-refractivity contribution in [3.05, 3.63) is 30.1 Å². The Hall–Kier alpha value is -1.47. The first-order chi connectivity index (χ1) is 9.90. The number of benzene rings is 1. The van der Waals surface area contributed by atoms with Gasteiger partial charge in [-0.3, -0.25) is 4.79 Å². The van der Waals surface area contributed by atoms with Gasteiger partial charge in [-0.2, -0.15) is 4.72 Å². The lowest BCUT2D eigenvalue weighted by Gasteiger charge is -2.29. The van der Waals surface area contributed by atoms with Crippen molar-refractivity contribution < 1.29 is 17.6 Å². The zero-order valence-corrected chi connectivity index (χ0v) is 12.7. The number of amides is 1. The van der Waals surface area contributed by atoms with Crippen molar-refractivity contribution in [3.8, 4) is 0 Å². The van der Waals surface area contributed by atoms with Crippen molar-refractivity contribution in [2.75, 3.05) is 13.1 Å². The highest BCUT2D eigenvalue weighted by atomic mass is 32.2. The molecule has 0 aromatic heterocycles. The lowest BCUT2D eigenvalue weighted by molar-refractivity contribution is -0.133. The summed E-state index contributed by atoms with van der Waals surface area (Å²) in [6.45, 7) is 2.86. The second-order valence-electron chi connectivity index (χ2n) is 5.18. The van der Waals surface area contributed by atoms with Gasteiger partial charge in [0.05, 0.1) is 10.9 Å². The molecule has 0 saturated carbocycles. The van der Waals surface area contributed by atoms with Crippen LogP contribution in [-0.4, -0.2) is 38.4 Å².